The van der Waals surface area contributed by atoms with Crippen LogP contribution in [-0.2, 0) is 20.0 Å². The quantitative estimate of drug-likeness (QED) is 0.627. The fourth-order valence-electron chi connectivity index (χ4n) is 2.89. The molecular weight excluding hydrogens is 496 g/mol. The van der Waals surface area contributed by atoms with Crippen molar-refractivity contribution < 1.29 is 16.8 Å². The first kappa shape index (κ1) is 21.2. The van der Waals surface area contributed by atoms with Gasteiger partial charge in [0.15, 0.2) is 0 Å². The topological polar surface area (TPSA) is 74.8 Å². The number of benzene rings is 1. The second-order valence-corrected chi connectivity index (χ2v) is 13.2. The van der Waals surface area contributed by atoms with E-state index in [1.807, 2.05) is 0 Å². The van der Waals surface area contributed by atoms with Crippen molar-refractivity contribution in [2.75, 3.05) is 26.2 Å². The third-order valence-corrected chi connectivity index (χ3v) is 10.9. The van der Waals surface area contributed by atoms with Crippen molar-refractivity contribution in [3.05, 3.63) is 44.2 Å². The molecule has 0 radical (unpaired) electrons. The Morgan fingerprint density at radius 1 is 0.926 bits per heavy atom. The average Bonchev–Trinajstić information content (AvgIpc) is 3.05. The molecule has 0 atom stereocenters. The lowest BCUT2D eigenvalue weighted by molar-refractivity contribution is 0.273. The van der Waals surface area contributed by atoms with Crippen LogP contribution in [0.1, 0.15) is 11.1 Å². The predicted molar refractivity (Wildman–Crippen MR) is 110 cm³/mol. The first-order valence-corrected chi connectivity index (χ1v) is 12.9. The van der Waals surface area contributed by atoms with Crippen LogP contribution >= 0.6 is 38.9 Å². The van der Waals surface area contributed by atoms with Gasteiger partial charge in [0.1, 0.15) is 4.21 Å². The summed E-state index contributed by atoms with van der Waals surface area (Å²) in [6, 6.07) is 6.44. The molecule has 0 bridgehead atoms. The van der Waals surface area contributed by atoms with Gasteiger partial charge < -0.3 is 0 Å². The molecular formula is C16H18BrClN2O4S3. The van der Waals surface area contributed by atoms with Gasteiger partial charge in [-0.15, -0.1) is 11.3 Å². The zero-order valence-electron chi connectivity index (χ0n) is 14.6. The van der Waals surface area contributed by atoms with Gasteiger partial charge in [0.2, 0.25) is 10.0 Å². The zero-order valence-corrected chi connectivity index (χ0v) is 19.4. The minimum Gasteiger partial charge on any atom is -0.207 e. The summed E-state index contributed by atoms with van der Waals surface area (Å²) in [5.41, 5.74) is 1.26. The standard InChI is InChI=1S/C16H18BrClN2O4S3/c1-11-10-14(12(2)9-13(11)18)26(21,22)19-5-7-20(8-6-19)27(23,24)16-4-3-15(17)25-16/h3-4,9-10H,5-8H2,1-2H3. The van der Waals surface area contributed by atoms with E-state index >= 15 is 0 Å². The lowest BCUT2D eigenvalue weighted by Crippen LogP contribution is -2.50. The highest BCUT2D eigenvalue weighted by Crippen LogP contribution is 2.30. The molecule has 148 valence electrons. The smallest absolute Gasteiger partial charge is 0.207 e. The molecule has 1 aromatic heterocycles. The maximum atomic E-state index is 13.0. The van der Waals surface area contributed by atoms with E-state index in [4.69, 9.17) is 11.6 Å². The highest BCUT2D eigenvalue weighted by molar-refractivity contribution is 9.11. The van der Waals surface area contributed by atoms with Crippen LogP contribution in [0.3, 0.4) is 0 Å². The van der Waals surface area contributed by atoms with E-state index in [1.165, 1.54) is 8.61 Å². The molecule has 1 aliphatic rings. The molecule has 0 saturated carbocycles. The summed E-state index contributed by atoms with van der Waals surface area (Å²) in [5.74, 6) is 0. The van der Waals surface area contributed by atoms with Crippen molar-refractivity contribution in [1.29, 1.82) is 0 Å². The van der Waals surface area contributed by atoms with Gasteiger partial charge >= 0.3 is 0 Å². The van der Waals surface area contributed by atoms with Crippen molar-refractivity contribution in [2.45, 2.75) is 23.0 Å². The van der Waals surface area contributed by atoms with Gasteiger partial charge in [-0.3, -0.25) is 0 Å². The summed E-state index contributed by atoms with van der Waals surface area (Å²) in [6.07, 6.45) is 0. The maximum absolute atomic E-state index is 13.0. The number of rotatable bonds is 4. The van der Waals surface area contributed by atoms with Crippen LogP contribution in [0.5, 0.6) is 0 Å². The first-order valence-electron chi connectivity index (χ1n) is 8.06. The van der Waals surface area contributed by atoms with Gasteiger partial charge in [0, 0.05) is 31.2 Å². The lowest BCUT2D eigenvalue weighted by Gasteiger charge is -2.33. The number of piperazine rings is 1. The molecule has 2 heterocycles. The van der Waals surface area contributed by atoms with Crippen LogP contribution in [0.2, 0.25) is 5.02 Å². The third kappa shape index (κ3) is 4.12. The number of halogens is 2. The van der Waals surface area contributed by atoms with Crippen LogP contribution in [0.25, 0.3) is 0 Å². The van der Waals surface area contributed by atoms with Crippen LogP contribution in [0.4, 0.5) is 0 Å². The molecule has 1 aromatic carbocycles. The molecule has 1 aliphatic heterocycles. The Labute approximate surface area is 177 Å². The monoisotopic (exact) mass is 512 g/mol. The van der Waals surface area contributed by atoms with E-state index in [1.54, 1.807) is 38.1 Å². The Morgan fingerprint density at radius 3 is 2.00 bits per heavy atom. The highest BCUT2D eigenvalue weighted by atomic mass is 79.9. The Hall–Kier alpha value is -0.490. The minimum absolute atomic E-state index is 0.106. The molecule has 1 saturated heterocycles. The number of thiophene rings is 1. The first-order chi connectivity index (χ1) is 12.5. The normalized spacial score (nSPS) is 17.3. The lowest BCUT2D eigenvalue weighted by atomic mass is 10.2. The van der Waals surface area contributed by atoms with Crippen molar-refractivity contribution in [1.82, 2.24) is 8.61 Å². The number of hydrogen-bond donors (Lipinski definition) is 0. The molecule has 0 aliphatic carbocycles. The molecule has 1 fully saturated rings. The van der Waals surface area contributed by atoms with Crippen molar-refractivity contribution in [2.24, 2.45) is 0 Å². The molecule has 0 N–H and O–H groups in total. The molecule has 11 heteroatoms. The van der Waals surface area contributed by atoms with Gasteiger partial charge in [0.05, 0.1) is 8.68 Å². The second-order valence-electron chi connectivity index (χ2n) is 6.23. The number of sulfonamides is 2. The van der Waals surface area contributed by atoms with Gasteiger partial charge in [-0.1, -0.05) is 11.6 Å². The molecule has 0 unspecified atom stereocenters. The Kier molecular flexibility index (Phi) is 6.08. The molecule has 0 amide bonds. The van der Waals surface area contributed by atoms with Crippen LogP contribution in [0, 0.1) is 13.8 Å². The Morgan fingerprint density at radius 2 is 1.48 bits per heavy atom. The minimum atomic E-state index is -3.71. The Bertz CT molecular complexity index is 1080. The summed E-state index contributed by atoms with van der Waals surface area (Å²) in [6.45, 7) is 3.90. The van der Waals surface area contributed by atoms with E-state index in [2.05, 4.69) is 15.9 Å². The number of aryl methyl sites for hydroxylation is 2. The number of nitrogens with zero attached hydrogens (tertiary/aromatic N) is 2. The van der Waals surface area contributed by atoms with Crippen LogP contribution in [-0.4, -0.2) is 51.6 Å². The third-order valence-electron chi connectivity index (χ3n) is 4.41. The summed E-state index contributed by atoms with van der Waals surface area (Å²) in [7, 11) is -7.33. The fourth-order valence-corrected chi connectivity index (χ4v) is 8.40. The van der Waals surface area contributed by atoms with Crippen molar-refractivity contribution >= 4 is 58.9 Å². The summed E-state index contributed by atoms with van der Waals surface area (Å²) in [4.78, 5) is 0.211. The molecule has 27 heavy (non-hydrogen) atoms. The second kappa shape index (κ2) is 7.74. The highest BCUT2D eigenvalue weighted by Gasteiger charge is 2.35. The molecule has 0 spiro atoms. The average molecular weight is 514 g/mol. The zero-order chi connectivity index (χ0) is 20.0. The van der Waals surface area contributed by atoms with Crippen molar-refractivity contribution in [3.63, 3.8) is 0 Å². The summed E-state index contributed by atoms with van der Waals surface area (Å²) >= 11 is 10.5. The van der Waals surface area contributed by atoms with E-state index in [9.17, 15) is 16.8 Å². The predicted octanol–water partition coefficient (Wildman–Crippen LogP) is 3.48. The molecule has 6 nitrogen and oxygen atoms in total. The number of hydrogen-bond acceptors (Lipinski definition) is 5. The summed E-state index contributed by atoms with van der Waals surface area (Å²) in [5, 5.41) is 0.518. The van der Waals surface area contributed by atoms with Crippen molar-refractivity contribution in [3.8, 4) is 0 Å². The van der Waals surface area contributed by atoms with Gasteiger partial charge in [0.25, 0.3) is 10.0 Å². The molecule has 2 aromatic rings. The maximum Gasteiger partial charge on any atom is 0.252 e. The SMILES string of the molecule is Cc1cc(S(=O)(=O)N2CCN(S(=O)(=O)c3ccc(Br)s3)CC2)c(C)cc1Cl. The summed E-state index contributed by atoms with van der Waals surface area (Å²) < 4.78 is 55.1. The van der Waals surface area contributed by atoms with Crippen LogP contribution in [0.15, 0.2) is 37.2 Å². The fraction of sp³-hybridized carbons (Fsp3) is 0.375. The van der Waals surface area contributed by atoms with Gasteiger partial charge in [-0.05, 0) is 65.2 Å². The largest absolute Gasteiger partial charge is 0.252 e. The molecule has 3 rings (SSSR count). The van der Waals surface area contributed by atoms with Crippen LogP contribution < -0.4 is 0 Å². The van der Waals surface area contributed by atoms with E-state index in [-0.39, 0.29) is 35.3 Å². The van der Waals surface area contributed by atoms with E-state index in [0.29, 0.717) is 16.1 Å². The Balaban J connectivity index is 1.80. The van der Waals surface area contributed by atoms with E-state index < -0.39 is 20.0 Å². The van der Waals surface area contributed by atoms with Gasteiger partial charge in [-0.2, -0.15) is 8.61 Å². The van der Waals surface area contributed by atoms with E-state index in [0.717, 1.165) is 15.1 Å². The van der Waals surface area contributed by atoms with Gasteiger partial charge in [-0.25, -0.2) is 16.8 Å².